The van der Waals surface area contributed by atoms with Crippen molar-refractivity contribution < 1.29 is 18.0 Å². The molecule has 0 aliphatic carbocycles. The lowest BCUT2D eigenvalue weighted by Gasteiger charge is -2.22. The lowest BCUT2D eigenvalue weighted by Crippen LogP contribution is -2.39. The van der Waals surface area contributed by atoms with Gasteiger partial charge in [-0.25, -0.2) is 8.42 Å². The van der Waals surface area contributed by atoms with Crippen LogP contribution in [0.25, 0.3) is 0 Å². The first-order valence-corrected chi connectivity index (χ1v) is 9.86. The topological polar surface area (TPSA) is 114 Å². The predicted octanol–water partition coefficient (Wildman–Crippen LogP) is -1.05. The lowest BCUT2D eigenvalue weighted by molar-refractivity contribution is -0.130. The van der Waals surface area contributed by atoms with Crippen molar-refractivity contribution in [3.63, 3.8) is 0 Å². The third-order valence-corrected chi connectivity index (χ3v) is 6.39. The molecule has 2 aliphatic rings. The molecule has 1 aromatic heterocycles. The van der Waals surface area contributed by atoms with Gasteiger partial charge in [-0.15, -0.1) is 10.2 Å². The molecule has 0 saturated carbocycles. The number of likely N-dealkylation sites (tertiary alicyclic amines) is 1. The Kier molecular flexibility index (Phi) is 4.57. The summed E-state index contributed by atoms with van der Waals surface area (Å²) < 4.78 is 25.0. The number of hydrogen-bond donors (Lipinski definition) is 1. The average Bonchev–Trinajstić information content (AvgIpc) is 3.22. The van der Waals surface area contributed by atoms with Gasteiger partial charge in [0.1, 0.15) is 6.33 Å². The zero-order chi connectivity index (χ0) is 17.3. The molecular formula is C14H21N5O4S. The second kappa shape index (κ2) is 6.50. The van der Waals surface area contributed by atoms with Gasteiger partial charge in [0, 0.05) is 25.6 Å². The number of nitrogens with zero attached hydrogens (tertiary/aromatic N) is 4. The highest BCUT2D eigenvalue weighted by Gasteiger charge is 2.41. The molecule has 0 unspecified atom stereocenters. The van der Waals surface area contributed by atoms with Crippen LogP contribution in [-0.2, 0) is 32.5 Å². The Balaban J connectivity index is 1.56. The molecule has 2 amide bonds. The lowest BCUT2D eigenvalue weighted by atomic mass is 10.1. The fourth-order valence-electron chi connectivity index (χ4n) is 3.27. The van der Waals surface area contributed by atoms with Crippen molar-refractivity contribution >= 4 is 21.7 Å². The molecule has 0 radical (unpaired) electrons. The minimum atomic E-state index is -3.05. The number of hydrogen-bond acceptors (Lipinski definition) is 6. The van der Waals surface area contributed by atoms with Gasteiger partial charge in [0.25, 0.3) is 0 Å². The van der Waals surface area contributed by atoms with E-state index in [1.54, 1.807) is 11.2 Å². The Morgan fingerprint density at radius 1 is 1.46 bits per heavy atom. The van der Waals surface area contributed by atoms with Gasteiger partial charge < -0.3 is 14.8 Å². The summed E-state index contributed by atoms with van der Waals surface area (Å²) in [4.78, 5) is 26.0. The van der Waals surface area contributed by atoms with Crippen LogP contribution in [0.4, 0.5) is 0 Å². The van der Waals surface area contributed by atoms with E-state index in [4.69, 9.17) is 0 Å². The maximum absolute atomic E-state index is 12.3. The van der Waals surface area contributed by atoms with Crippen LogP contribution in [0.3, 0.4) is 0 Å². The summed E-state index contributed by atoms with van der Waals surface area (Å²) in [5, 5.41) is 10.5. The summed E-state index contributed by atoms with van der Waals surface area (Å²) in [6, 6.07) is -0.288. The number of amides is 2. The molecule has 0 spiro atoms. The zero-order valence-electron chi connectivity index (χ0n) is 13.5. The van der Waals surface area contributed by atoms with E-state index in [1.165, 1.54) is 0 Å². The third kappa shape index (κ3) is 3.42. The van der Waals surface area contributed by atoms with Gasteiger partial charge in [-0.2, -0.15) is 0 Å². The first-order chi connectivity index (χ1) is 11.4. The molecule has 9 nitrogen and oxygen atoms in total. The van der Waals surface area contributed by atoms with E-state index >= 15 is 0 Å². The molecule has 1 aromatic rings. The Morgan fingerprint density at radius 3 is 2.92 bits per heavy atom. The van der Waals surface area contributed by atoms with E-state index < -0.39 is 15.8 Å². The minimum absolute atomic E-state index is 0.00663. The molecule has 1 N–H and O–H groups in total. The average molecular weight is 355 g/mol. The van der Waals surface area contributed by atoms with Crippen LogP contribution in [0.2, 0.25) is 0 Å². The Labute approximate surface area is 140 Å². The van der Waals surface area contributed by atoms with Gasteiger partial charge in [-0.05, 0) is 13.3 Å². The first kappa shape index (κ1) is 16.9. The Hall–Kier alpha value is -1.97. The van der Waals surface area contributed by atoms with Crippen LogP contribution in [0.1, 0.15) is 25.6 Å². The molecule has 0 aromatic carbocycles. The Morgan fingerprint density at radius 2 is 2.25 bits per heavy atom. The summed E-state index contributed by atoms with van der Waals surface area (Å²) in [5.41, 5.74) is 0. The highest BCUT2D eigenvalue weighted by molar-refractivity contribution is 7.91. The van der Waals surface area contributed by atoms with Gasteiger partial charge in [0.05, 0.1) is 24.0 Å². The summed E-state index contributed by atoms with van der Waals surface area (Å²) >= 11 is 0. The van der Waals surface area contributed by atoms with Gasteiger partial charge in [-0.1, -0.05) is 0 Å². The maximum Gasteiger partial charge on any atom is 0.225 e. The SMILES string of the molecule is CCn1cnnc1CNC(=O)[C@@H]1CC(=O)N([C@H]2CCS(=O)(=O)C2)C1. The maximum atomic E-state index is 12.3. The standard InChI is InChI=1S/C14H21N5O4S/c1-2-18-9-16-17-12(18)6-15-14(21)10-5-13(20)19(7-10)11-3-4-24(22,23)8-11/h9-11H,2-8H2,1H3,(H,15,21)/t10-,11+/m1/s1. The van der Waals surface area contributed by atoms with Crippen molar-refractivity contribution in [1.82, 2.24) is 25.0 Å². The van der Waals surface area contributed by atoms with Gasteiger partial charge in [0.2, 0.25) is 11.8 Å². The fraction of sp³-hybridized carbons (Fsp3) is 0.714. The smallest absolute Gasteiger partial charge is 0.225 e. The second-order valence-corrected chi connectivity index (χ2v) is 8.48. The second-order valence-electron chi connectivity index (χ2n) is 6.25. The molecule has 0 bridgehead atoms. The van der Waals surface area contributed by atoms with Crippen molar-refractivity contribution in [2.75, 3.05) is 18.1 Å². The van der Waals surface area contributed by atoms with E-state index in [0.717, 1.165) is 0 Å². The Bertz CT molecular complexity index is 744. The number of sulfone groups is 1. The highest BCUT2D eigenvalue weighted by atomic mass is 32.2. The van der Waals surface area contributed by atoms with E-state index in [0.29, 0.717) is 18.8 Å². The molecule has 2 aliphatic heterocycles. The van der Waals surface area contributed by atoms with Crippen LogP contribution in [0, 0.1) is 5.92 Å². The molecule has 2 saturated heterocycles. The molecule has 2 fully saturated rings. The van der Waals surface area contributed by atoms with Crippen LogP contribution >= 0.6 is 0 Å². The number of carbonyl (C=O) groups is 2. The molecule has 132 valence electrons. The molecule has 3 heterocycles. The fourth-order valence-corrected chi connectivity index (χ4v) is 5.00. The zero-order valence-corrected chi connectivity index (χ0v) is 14.3. The number of carbonyl (C=O) groups excluding carboxylic acids is 2. The minimum Gasteiger partial charge on any atom is -0.348 e. The summed E-state index contributed by atoms with van der Waals surface area (Å²) in [6.45, 7) is 3.21. The molecule has 24 heavy (non-hydrogen) atoms. The van der Waals surface area contributed by atoms with E-state index in [2.05, 4.69) is 15.5 Å². The summed E-state index contributed by atoms with van der Waals surface area (Å²) in [5.74, 6) is -0.0171. The molecule has 2 atom stereocenters. The van der Waals surface area contributed by atoms with Crippen LogP contribution < -0.4 is 5.32 Å². The third-order valence-electron chi connectivity index (χ3n) is 4.64. The molecule has 10 heteroatoms. The first-order valence-electron chi connectivity index (χ1n) is 8.04. The normalized spacial score (nSPS) is 26.0. The van der Waals surface area contributed by atoms with Crippen molar-refractivity contribution in [3.8, 4) is 0 Å². The predicted molar refractivity (Wildman–Crippen MR) is 84.4 cm³/mol. The van der Waals surface area contributed by atoms with Crippen LogP contribution in [-0.4, -0.2) is 64.0 Å². The van der Waals surface area contributed by atoms with Crippen molar-refractivity contribution in [1.29, 1.82) is 0 Å². The van der Waals surface area contributed by atoms with Crippen molar-refractivity contribution in [3.05, 3.63) is 12.2 Å². The van der Waals surface area contributed by atoms with Crippen LogP contribution in [0.5, 0.6) is 0 Å². The van der Waals surface area contributed by atoms with Gasteiger partial charge in [0.15, 0.2) is 15.7 Å². The van der Waals surface area contributed by atoms with Crippen molar-refractivity contribution in [2.24, 2.45) is 5.92 Å². The number of nitrogens with one attached hydrogen (secondary N) is 1. The largest absolute Gasteiger partial charge is 0.348 e. The quantitative estimate of drug-likeness (QED) is 0.721. The molecular weight excluding hydrogens is 334 g/mol. The number of rotatable bonds is 5. The highest BCUT2D eigenvalue weighted by Crippen LogP contribution is 2.26. The molecule has 3 rings (SSSR count). The van der Waals surface area contributed by atoms with E-state index in [1.807, 2.05) is 11.5 Å². The number of aromatic nitrogens is 3. The summed E-state index contributed by atoms with van der Waals surface area (Å²) in [6.07, 6.45) is 2.19. The number of aryl methyl sites for hydroxylation is 1. The van der Waals surface area contributed by atoms with E-state index in [9.17, 15) is 18.0 Å². The van der Waals surface area contributed by atoms with Crippen LogP contribution in [0.15, 0.2) is 6.33 Å². The summed E-state index contributed by atoms with van der Waals surface area (Å²) in [7, 11) is -3.05. The monoisotopic (exact) mass is 355 g/mol. The van der Waals surface area contributed by atoms with E-state index in [-0.39, 0.29) is 48.9 Å². The van der Waals surface area contributed by atoms with Crippen molar-refractivity contribution in [2.45, 2.75) is 38.9 Å². The van der Waals surface area contributed by atoms with Gasteiger partial charge >= 0.3 is 0 Å². The van der Waals surface area contributed by atoms with Gasteiger partial charge in [-0.3, -0.25) is 9.59 Å².